The van der Waals surface area contributed by atoms with Crippen molar-refractivity contribution < 1.29 is 24.9 Å². The van der Waals surface area contributed by atoms with Crippen LogP contribution in [0.3, 0.4) is 0 Å². The average molecular weight is 414 g/mol. The molecule has 0 fully saturated rings. The van der Waals surface area contributed by atoms with E-state index in [0.29, 0.717) is 24.6 Å². The van der Waals surface area contributed by atoms with Crippen LogP contribution in [0, 0.1) is 0 Å². The number of rotatable bonds is 10. The molecule has 0 heterocycles. The van der Waals surface area contributed by atoms with Gasteiger partial charge in [-0.05, 0) is 43.9 Å². The summed E-state index contributed by atoms with van der Waals surface area (Å²) in [5.74, 6) is -2.51. The normalized spacial score (nSPS) is 12.1. The van der Waals surface area contributed by atoms with Crippen LogP contribution in [0.15, 0.2) is 72.8 Å². The van der Waals surface area contributed by atoms with Crippen molar-refractivity contribution in [1.29, 1.82) is 0 Å². The largest absolute Gasteiger partial charge is 0.478 e. The van der Waals surface area contributed by atoms with E-state index in [1.807, 2.05) is 60.7 Å². The zero-order chi connectivity index (χ0) is 22.4. The molecule has 0 spiro atoms. The Labute approximate surface area is 177 Å². The Morgan fingerprint density at radius 2 is 1.37 bits per heavy atom. The van der Waals surface area contributed by atoms with Crippen molar-refractivity contribution in [1.82, 2.24) is 5.32 Å². The molecule has 0 aliphatic rings. The Hall–Kier alpha value is -2.96. The van der Waals surface area contributed by atoms with Gasteiger partial charge in [-0.3, -0.25) is 0 Å². The van der Waals surface area contributed by atoms with E-state index in [0.717, 1.165) is 30.5 Å². The van der Waals surface area contributed by atoms with E-state index in [1.54, 1.807) is 0 Å². The maximum absolute atomic E-state index is 11.3. The third-order valence-electron chi connectivity index (χ3n) is 4.69. The van der Waals surface area contributed by atoms with E-state index in [9.17, 15) is 14.7 Å². The van der Waals surface area contributed by atoms with Crippen molar-refractivity contribution in [2.75, 3.05) is 6.54 Å². The highest BCUT2D eigenvalue weighted by atomic mass is 16.4. The first-order valence-electron chi connectivity index (χ1n) is 10.00. The van der Waals surface area contributed by atoms with Crippen LogP contribution < -0.4 is 5.32 Å². The molecule has 0 saturated heterocycles. The molecule has 1 unspecified atom stereocenters. The van der Waals surface area contributed by atoms with Crippen LogP contribution in [0.4, 0.5) is 0 Å². The van der Waals surface area contributed by atoms with E-state index < -0.39 is 17.5 Å². The molecular weight excluding hydrogens is 382 g/mol. The van der Waals surface area contributed by atoms with Gasteiger partial charge in [-0.1, -0.05) is 67.6 Å². The van der Waals surface area contributed by atoms with Gasteiger partial charge in [0.2, 0.25) is 0 Å². The van der Waals surface area contributed by atoms with E-state index in [2.05, 4.69) is 19.2 Å². The zero-order valence-corrected chi connectivity index (χ0v) is 17.5. The Kier molecular flexibility index (Phi) is 11.1. The maximum Gasteiger partial charge on any atom is 0.328 e. The molecule has 0 bridgehead atoms. The first-order chi connectivity index (χ1) is 14.3. The lowest BCUT2D eigenvalue weighted by Gasteiger charge is -2.30. The van der Waals surface area contributed by atoms with Crippen LogP contribution >= 0.6 is 0 Å². The fraction of sp³-hybridized carbons (Fsp3) is 0.333. The highest BCUT2D eigenvalue weighted by Gasteiger charge is 2.30. The molecule has 0 amide bonds. The maximum atomic E-state index is 11.3. The molecule has 4 N–H and O–H groups in total. The summed E-state index contributed by atoms with van der Waals surface area (Å²) in [7, 11) is 0. The van der Waals surface area contributed by atoms with Gasteiger partial charge in [-0.2, -0.15) is 0 Å². The Morgan fingerprint density at radius 3 is 1.73 bits per heavy atom. The molecule has 0 aromatic heterocycles. The lowest BCUT2D eigenvalue weighted by molar-refractivity contribution is -0.134. The minimum atomic E-state index is -1.26. The van der Waals surface area contributed by atoms with Crippen LogP contribution in [0.25, 0.3) is 0 Å². The van der Waals surface area contributed by atoms with Gasteiger partial charge in [0, 0.05) is 18.2 Å². The minimum absolute atomic E-state index is 0.529. The number of carboxylic acids is 2. The van der Waals surface area contributed by atoms with Crippen LogP contribution in [-0.2, 0) is 15.2 Å². The minimum Gasteiger partial charge on any atom is -0.478 e. The first kappa shape index (κ1) is 25.1. The van der Waals surface area contributed by atoms with Crippen molar-refractivity contribution in [2.24, 2.45) is 0 Å². The SMILES string of the molecule is CCC(C)NCCCC(O)(c1ccccc1)c1ccccc1.O=C(O)/C=C/C(=O)O. The molecule has 162 valence electrons. The smallest absolute Gasteiger partial charge is 0.328 e. The molecule has 1 atom stereocenters. The molecule has 0 aliphatic carbocycles. The Morgan fingerprint density at radius 1 is 0.933 bits per heavy atom. The fourth-order valence-corrected chi connectivity index (χ4v) is 2.86. The predicted octanol–water partition coefficient (Wildman–Crippen LogP) is 3.80. The molecule has 2 aromatic carbocycles. The molecule has 6 heteroatoms. The third kappa shape index (κ3) is 9.03. The highest BCUT2D eigenvalue weighted by molar-refractivity contribution is 5.89. The monoisotopic (exact) mass is 413 g/mol. The topological polar surface area (TPSA) is 107 Å². The van der Waals surface area contributed by atoms with Gasteiger partial charge >= 0.3 is 11.9 Å². The number of aliphatic hydroxyl groups is 1. The quantitative estimate of drug-likeness (QED) is 0.349. The molecule has 0 radical (unpaired) electrons. The van der Waals surface area contributed by atoms with Crippen molar-refractivity contribution in [3.05, 3.63) is 83.9 Å². The predicted molar refractivity (Wildman–Crippen MR) is 117 cm³/mol. The van der Waals surface area contributed by atoms with Gasteiger partial charge in [0.05, 0.1) is 0 Å². The number of hydrogen-bond acceptors (Lipinski definition) is 4. The number of nitrogens with one attached hydrogen (secondary N) is 1. The van der Waals surface area contributed by atoms with E-state index in [4.69, 9.17) is 10.2 Å². The third-order valence-corrected chi connectivity index (χ3v) is 4.69. The number of carbonyl (C=O) groups is 2. The number of hydrogen-bond donors (Lipinski definition) is 4. The molecule has 0 aliphatic heterocycles. The zero-order valence-electron chi connectivity index (χ0n) is 17.5. The van der Waals surface area contributed by atoms with Crippen molar-refractivity contribution >= 4 is 11.9 Å². The van der Waals surface area contributed by atoms with Gasteiger partial charge in [0.25, 0.3) is 0 Å². The lowest BCUT2D eigenvalue weighted by Crippen LogP contribution is -2.31. The summed E-state index contributed by atoms with van der Waals surface area (Å²) in [6.45, 7) is 5.31. The van der Waals surface area contributed by atoms with E-state index >= 15 is 0 Å². The van der Waals surface area contributed by atoms with Gasteiger partial charge < -0.3 is 20.6 Å². The van der Waals surface area contributed by atoms with Gasteiger partial charge in [0.1, 0.15) is 5.60 Å². The summed E-state index contributed by atoms with van der Waals surface area (Å²) in [6.07, 6.45) is 3.89. The summed E-state index contributed by atoms with van der Waals surface area (Å²) in [5.41, 5.74) is 1.01. The highest BCUT2D eigenvalue weighted by Crippen LogP contribution is 2.33. The molecule has 30 heavy (non-hydrogen) atoms. The second-order valence-corrected chi connectivity index (χ2v) is 6.97. The summed E-state index contributed by atoms with van der Waals surface area (Å²) < 4.78 is 0. The first-order valence-corrected chi connectivity index (χ1v) is 10.00. The average Bonchev–Trinajstić information content (AvgIpc) is 2.76. The molecular formula is C24H31NO5. The van der Waals surface area contributed by atoms with Crippen LogP contribution in [0.5, 0.6) is 0 Å². The van der Waals surface area contributed by atoms with E-state index in [-0.39, 0.29) is 0 Å². The second kappa shape index (κ2) is 13.3. The Bertz CT molecular complexity index is 734. The van der Waals surface area contributed by atoms with Crippen molar-refractivity contribution in [3.8, 4) is 0 Å². The molecule has 0 saturated carbocycles. The second-order valence-electron chi connectivity index (χ2n) is 6.97. The van der Waals surface area contributed by atoms with Crippen LogP contribution in [0.2, 0.25) is 0 Å². The lowest BCUT2D eigenvalue weighted by atomic mass is 9.82. The van der Waals surface area contributed by atoms with Gasteiger partial charge in [-0.15, -0.1) is 0 Å². The van der Waals surface area contributed by atoms with E-state index in [1.165, 1.54) is 0 Å². The van der Waals surface area contributed by atoms with Gasteiger partial charge in [0.15, 0.2) is 0 Å². The summed E-state index contributed by atoms with van der Waals surface area (Å²) >= 11 is 0. The molecule has 6 nitrogen and oxygen atoms in total. The molecule has 2 aromatic rings. The Balaban J connectivity index is 0.000000479. The summed E-state index contributed by atoms with van der Waals surface area (Å²) in [6, 6.07) is 20.5. The van der Waals surface area contributed by atoms with Gasteiger partial charge in [-0.25, -0.2) is 9.59 Å². The number of aliphatic carboxylic acids is 2. The standard InChI is InChI=1S/C20H27NO.C4H4O4/c1-3-17(2)21-16-10-15-20(22,18-11-6-4-7-12-18)19-13-8-5-9-14-19;5-3(6)1-2-4(7)8/h4-9,11-14,17,21-22H,3,10,15-16H2,1-2H3;1-2H,(H,5,6)(H,7,8)/b;2-1+. The molecule has 2 rings (SSSR count). The summed E-state index contributed by atoms with van der Waals surface area (Å²) in [5, 5.41) is 30.5. The number of benzene rings is 2. The fourth-order valence-electron chi connectivity index (χ4n) is 2.86. The number of carboxylic acid groups (broad SMARTS) is 2. The van der Waals surface area contributed by atoms with Crippen LogP contribution in [0.1, 0.15) is 44.2 Å². The van der Waals surface area contributed by atoms with Crippen molar-refractivity contribution in [2.45, 2.75) is 44.8 Å². The van der Waals surface area contributed by atoms with Crippen molar-refractivity contribution in [3.63, 3.8) is 0 Å². The van der Waals surface area contributed by atoms with Crippen LogP contribution in [-0.4, -0.2) is 39.8 Å². The summed E-state index contributed by atoms with van der Waals surface area (Å²) in [4.78, 5) is 19.1.